The molecule has 1 amide bonds. The number of ether oxygens (including phenoxy) is 1. The number of alkyl halides is 3. The Morgan fingerprint density at radius 1 is 1.37 bits per heavy atom. The Morgan fingerprint density at radius 3 is 2.67 bits per heavy atom. The molecule has 0 atom stereocenters. The van der Waals surface area contributed by atoms with Crippen molar-refractivity contribution in [3.05, 3.63) is 35.7 Å². The summed E-state index contributed by atoms with van der Waals surface area (Å²) >= 11 is 0. The molecule has 1 fully saturated rings. The molecule has 8 nitrogen and oxygen atoms in total. The van der Waals surface area contributed by atoms with Gasteiger partial charge in [0.15, 0.2) is 5.82 Å². The summed E-state index contributed by atoms with van der Waals surface area (Å²) in [5.74, 6) is -0.924. The molecule has 1 saturated heterocycles. The normalized spacial score (nSPS) is 17.1. The molecule has 0 saturated carbocycles. The van der Waals surface area contributed by atoms with Crippen molar-refractivity contribution in [1.29, 1.82) is 0 Å². The van der Waals surface area contributed by atoms with Crippen molar-refractivity contribution < 1.29 is 32.3 Å². The van der Waals surface area contributed by atoms with E-state index in [1.165, 1.54) is 25.6 Å². The van der Waals surface area contributed by atoms with E-state index < -0.39 is 24.0 Å². The Hall–Kier alpha value is -2.69. The SMILES string of the molecule is COC1(c2nc(CC(F)(F)F)no2)CCN(C(=O)c2cncc(O)c2)CC1. The Morgan fingerprint density at radius 2 is 2.07 bits per heavy atom. The third-order valence-electron chi connectivity index (χ3n) is 4.44. The molecule has 2 aromatic heterocycles. The van der Waals surface area contributed by atoms with Gasteiger partial charge in [-0.15, -0.1) is 0 Å². The summed E-state index contributed by atoms with van der Waals surface area (Å²) in [6.45, 7) is 0.526. The summed E-state index contributed by atoms with van der Waals surface area (Å²) in [6, 6.07) is 1.31. The van der Waals surface area contributed by atoms with Crippen LogP contribution in [0.1, 0.15) is 34.9 Å². The summed E-state index contributed by atoms with van der Waals surface area (Å²) in [5, 5.41) is 12.8. The van der Waals surface area contributed by atoms with Crippen molar-refractivity contribution in [1.82, 2.24) is 20.0 Å². The molecular formula is C16H17F3N4O4. The second-order valence-corrected chi connectivity index (χ2v) is 6.23. The summed E-state index contributed by atoms with van der Waals surface area (Å²) < 4.78 is 47.9. The van der Waals surface area contributed by atoms with Crippen LogP contribution in [0, 0.1) is 0 Å². The van der Waals surface area contributed by atoms with Crippen LogP contribution in [0.2, 0.25) is 0 Å². The second-order valence-electron chi connectivity index (χ2n) is 6.23. The lowest BCUT2D eigenvalue weighted by Crippen LogP contribution is -2.46. The van der Waals surface area contributed by atoms with Crippen molar-refractivity contribution in [2.24, 2.45) is 0 Å². The number of halogens is 3. The first-order valence-electron chi connectivity index (χ1n) is 8.11. The molecule has 11 heteroatoms. The van der Waals surface area contributed by atoms with Crippen LogP contribution < -0.4 is 0 Å². The number of piperidine rings is 1. The maximum Gasteiger partial charge on any atom is 0.396 e. The number of aromatic nitrogens is 3. The van der Waals surface area contributed by atoms with Gasteiger partial charge in [-0.25, -0.2) is 0 Å². The van der Waals surface area contributed by atoms with Gasteiger partial charge in [0.2, 0.25) is 0 Å². The topological polar surface area (TPSA) is 102 Å². The van der Waals surface area contributed by atoms with Crippen molar-refractivity contribution in [2.75, 3.05) is 20.2 Å². The summed E-state index contributed by atoms with van der Waals surface area (Å²) in [5.41, 5.74) is -0.810. The molecular weight excluding hydrogens is 369 g/mol. The Labute approximate surface area is 151 Å². The van der Waals surface area contributed by atoms with Crippen LogP contribution in [-0.2, 0) is 16.8 Å². The lowest BCUT2D eigenvalue weighted by atomic mass is 9.90. The van der Waals surface area contributed by atoms with Crippen molar-refractivity contribution in [3.63, 3.8) is 0 Å². The average molecular weight is 386 g/mol. The van der Waals surface area contributed by atoms with Gasteiger partial charge in [0, 0.05) is 39.2 Å². The number of hydrogen-bond acceptors (Lipinski definition) is 7. The van der Waals surface area contributed by atoms with Gasteiger partial charge in [-0.05, 0) is 6.07 Å². The number of nitrogens with zero attached hydrogens (tertiary/aromatic N) is 4. The number of carbonyl (C=O) groups excluding carboxylic acids is 1. The van der Waals surface area contributed by atoms with E-state index in [1.807, 2.05) is 0 Å². The second kappa shape index (κ2) is 7.14. The fourth-order valence-electron chi connectivity index (χ4n) is 2.99. The molecule has 0 aromatic carbocycles. The maximum atomic E-state index is 12.5. The van der Waals surface area contributed by atoms with Crippen LogP contribution >= 0.6 is 0 Å². The van der Waals surface area contributed by atoms with Gasteiger partial charge in [-0.3, -0.25) is 9.78 Å². The van der Waals surface area contributed by atoms with E-state index in [-0.39, 0.29) is 49.0 Å². The molecule has 0 bridgehead atoms. The monoisotopic (exact) mass is 386 g/mol. The van der Waals surface area contributed by atoms with E-state index >= 15 is 0 Å². The van der Waals surface area contributed by atoms with Crippen LogP contribution in [0.15, 0.2) is 23.0 Å². The maximum absolute atomic E-state index is 12.5. The lowest BCUT2D eigenvalue weighted by Gasteiger charge is -2.38. The molecule has 1 N–H and O–H groups in total. The number of carbonyl (C=O) groups is 1. The van der Waals surface area contributed by atoms with E-state index in [0.717, 1.165) is 0 Å². The molecule has 2 aromatic rings. The quantitative estimate of drug-likeness (QED) is 0.858. The zero-order valence-electron chi connectivity index (χ0n) is 14.4. The summed E-state index contributed by atoms with van der Waals surface area (Å²) in [4.78, 5) is 21.7. The van der Waals surface area contributed by atoms with Crippen molar-refractivity contribution in [3.8, 4) is 5.75 Å². The molecule has 1 aliphatic rings. The van der Waals surface area contributed by atoms with E-state index in [4.69, 9.17) is 9.26 Å². The fraction of sp³-hybridized carbons (Fsp3) is 0.500. The molecule has 3 heterocycles. The number of hydrogen-bond donors (Lipinski definition) is 1. The highest BCUT2D eigenvalue weighted by Gasteiger charge is 2.43. The zero-order valence-corrected chi connectivity index (χ0v) is 14.4. The molecule has 3 rings (SSSR count). The number of methoxy groups -OCH3 is 1. The van der Waals surface area contributed by atoms with Gasteiger partial charge in [0.25, 0.3) is 11.8 Å². The smallest absolute Gasteiger partial charge is 0.396 e. The molecule has 146 valence electrons. The number of pyridine rings is 1. The third-order valence-corrected chi connectivity index (χ3v) is 4.44. The highest BCUT2D eigenvalue weighted by molar-refractivity contribution is 5.94. The lowest BCUT2D eigenvalue weighted by molar-refractivity contribution is -0.128. The van der Waals surface area contributed by atoms with Crippen molar-refractivity contribution >= 4 is 5.91 Å². The van der Waals surface area contributed by atoms with Crippen molar-refractivity contribution in [2.45, 2.75) is 31.0 Å². The first-order chi connectivity index (χ1) is 12.7. The van der Waals surface area contributed by atoms with Crippen LogP contribution in [0.4, 0.5) is 13.2 Å². The van der Waals surface area contributed by atoms with Crippen LogP contribution in [-0.4, -0.2) is 57.4 Å². The predicted molar refractivity (Wildman–Crippen MR) is 83.8 cm³/mol. The van der Waals surface area contributed by atoms with Gasteiger partial charge in [0.1, 0.15) is 17.8 Å². The van der Waals surface area contributed by atoms with Crippen LogP contribution in [0.3, 0.4) is 0 Å². The average Bonchev–Trinajstić information content (AvgIpc) is 3.08. The highest BCUT2D eigenvalue weighted by atomic mass is 19.4. The minimum atomic E-state index is -4.44. The predicted octanol–water partition coefficient (Wildman–Crippen LogP) is 2.05. The first kappa shape index (κ1) is 19.1. The Kier molecular flexibility index (Phi) is 5.05. The molecule has 0 spiro atoms. The number of amides is 1. The van der Waals surface area contributed by atoms with E-state index in [9.17, 15) is 23.1 Å². The number of rotatable bonds is 4. The van der Waals surface area contributed by atoms with Gasteiger partial charge >= 0.3 is 6.18 Å². The molecule has 27 heavy (non-hydrogen) atoms. The van der Waals surface area contributed by atoms with Gasteiger partial charge < -0.3 is 19.3 Å². The van der Waals surface area contributed by atoms with E-state index in [2.05, 4.69) is 15.1 Å². The molecule has 0 unspecified atom stereocenters. The highest BCUT2D eigenvalue weighted by Crippen LogP contribution is 2.36. The van der Waals surface area contributed by atoms with Gasteiger partial charge in [0.05, 0.1) is 11.8 Å². The number of aromatic hydroxyl groups is 1. The largest absolute Gasteiger partial charge is 0.506 e. The summed E-state index contributed by atoms with van der Waals surface area (Å²) in [7, 11) is 1.41. The standard InChI is InChI=1S/C16H17F3N4O4/c1-26-15(14-21-12(22-27-14)7-16(17,18)19)2-4-23(5-3-15)13(25)10-6-11(24)9-20-8-10/h6,8-9,24H,2-5,7H2,1H3. The Bertz CT molecular complexity index is 816. The number of likely N-dealkylation sites (tertiary alicyclic amines) is 1. The van der Waals surface area contributed by atoms with Gasteiger partial charge in [-0.1, -0.05) is 5.16 Å². The minimum absolute atomic E-state index is 0.0321. The summed E-state index contributed by atoms with van der Waals surface area (Å²) in [6.07, 6.45) is -2.61. The van der Waals surface area contributed by atoms with E-state index in [0.29, 0.717) is 0 Å². The first-order valence-corrected chi connectivity index (χ1v) is 8.11. The molecule has 0 aliphatic carbocycles. The van der Waals surface area contributed by atoms with Gasteiger partial charge in [-0.2, -0.15) is 18.2 Å². The van der Waals surface area contributed by atoms with Crippen LogP contribution in [0.25, 0.3) is 0 Å². The van der Waals surface area contributed by atoms with E-state index in [1.54, 1.807) is 4.90 Å². The molecule has 0 radical (unpaired) electrons. The van der Waals surface area contributed by atoms with Crippen LogP contribution in [0.5, 0.6) is 5.75 Å². The zero-order chi connectivity index (χ0) is 19.7. The fourth-order valence-corrected chi connectivity index (χ4v) is 2.99. The molecule has 1 aliphatic heterocycles. The third kappa shape index (κ3) is 4.18. The minimum Gasteiger partial charge on any atom is -0.506 e. The Balaban J connectivity index is 1.71.